The first kappa shape index (κ1) is 87.1. The minimum absolute atomic E-state index is 0.104. The molecule has 101 heavy (non-hydrogen) atoms. The predicted molar refractivity (Wildman–Crippen MR) is 331 cm³/mol. The molecule has 0 aromatic heterocycles. The van der Waals surface area contributed by atoms with Crippen LogP contribution in [-0.2, 0) is 133 Å². The van der Waals surface area contributed by atoms with Gasteiger partial charge in [-0.25, -0.2) is 0 Å². The van der Waals surface area contributed by atoms with Crippen LogP contribution in [0.15, 0.2) is 44.7 Å². The summed E-state index contributed by atoms with van der Waals surface area (Å²) in [5.41, 5.74) is 33.8. The molecule has 5 rings (SSSR count). The van der Waals surface area contributed by atoms with Gasteiger partial charge in [0, 0.05) is 115 Å². The van der Waals surface area contributed by atoms with E-state index >= 15 is 0 Å². The maximum atomic E-state index is 11.7. The highest BCUT2D eigenvalue weighted by Crippen LogP contribution is 2.35. The van der Waals surface area contributed by atoms with E-state index in [2.05, 4.69) is 72.0 Å². The quantitative estimate of drug-likeness (QED) is 0.0236. The van der Waals surface area contributed by atoms with Gasteiger partial charge in [0.1, 0.15) is 30.2 Å². The number of aliphatic hydroxyl groups excluding tert-OH is 1. The number of nitro groups is 1. The van der Waals surface area contributed by atoms with Gasteiger partial charge in [0.25, 0.3) is 5.69 Å². The molecule has 4 fully saturated rings. The van der Waals surface area contributed by atoms with Crippen LogP contribution in [0.3, 0.4) is 0 Å². The van der Waals surface area contributed by atoms with Gasteiger partial charge in [-0.05, 0) is 34.3 Å². The maximum absolute atomic E-state index is 11.7. The highest BCUT2D eigenvalue weighted by atomic mass is 79.9. The van der Waals surface area contributed by atoms with Crippen molar-refractivity contribution in [1.82, 2.24) is 0 Å². The fourth-order valence-corrected chi connectivity index (χ4v) is 10.7. The third-order valence-electron chi connectivity index (χ3n) is 12.6. The number of hydrogen-bond donors (Lipinski definition) is 1. The molecule has 4 saturated heterocycles. The first-order valence-electron chi connectivity index (χ1n) is 29.0. The van der Waals surface area contributed by atoms with Gasteiger partial charge in [0.05, 0.1) is 31.1 Å². The molecule has 4 heterocycles. The molecule has 0 aliphatic carbocycles. The van der Waals surface area contributed by atoms with Crippen LogP contribution in [0.4, 0.5) is 5.69 Å². The van der Waals surface area contributed by atoms with Gasteiger partial charge in [0.2, 0.25) is 18.7 Å². The molecule has 1 aromatic carbocycles. The Kier molecular flexibility index (Phi) is 37.6. The van der Waals surface area contributed by atoms with Crippen LogP contribution in [0.5, 0.6) is 5.75 Å². The van der Waals surface area contributed by atoms with Gasteiger partial charge >= 0.3 is 71.6 Å². The minimum Gasteiger partial charge on any atom is -0.461 e. The molecule has 556 valence electrons. The second kappa shape index (κ2) is 43.6. The monoisotopic (exact) mass is 1570 g/mol. The van der Waals surface area contributed by atoms with E-state index < -0.39 is 197 Å². The van der Waals surface area contributed by atoms with Crippen LogP contribution in [0, 0.1) is 10.1 Å². The number of non-ortho nitro benzene ring substituents is 1. The summed E-state index contributed by atoms with van der Waals surface area (Å²) in [4.78, 5) is 157. The second-order valence-corrected chi connectivity index (χ2v) is 22.4. The van der Waals surface area contributed by atoms with Gasteiger partial charge in [-0.15, -0.1) is 0 Å². The number of nitrogens with zero attached hydrogens (tertiary/aromatic N) is 13. The topological polar surface area (TPSA) is 620 Å². The Bertz CT molecular complexity index is 3220. The molecule has 4 aliphatic heterocycles. The van der Waals surface area contributed by atoms with E-state index in [-0.39, 0.29) is 37.6 Å². The lowest BCUT2D eigenvalue weighted by molar-refractivity contribution is -0.384. The molecular weight excluding hydrogens is 1500 g/mol. The van der Waals surface area contributed by atoms with Crippen molar-refractivity contribution in [3.05, 3.63) is 76.2 Å². The number of halogens is 2. The zero-order chi connectivity index (χ0) is 76.5. The summed E-state index contributed by atoms with van der Waals surface area (Å²) in [5, 5.41) is 32.8. The van der Waals surface area contributed by atoms with Crippen molar-refractivity contribution in [3.63, 3.8) is 0 Å². The minimum atomic E-state index is -1.59. The lowest BCUT2D eigenvalue weighted by Crippen LogP contribution is -2.63. The lowest BCUT2D eigenvalue weighted by atomic mass is 9.97. The number of benzene rings is 1. The van der Waals surface area contributed by atoms with Crippen molar-refractivity contribution >= 4 is 109 Å². The number of carbonyl (C=O) groups is 12. The van der Waals surface area contributed by atoms with E-state index in [1.165, 1.54) is 38.1 Å². The SMILES string of the molecule is CC(=O)OC1C(Br)OC(CN=[N+]=[N-])C(OC(C)=O)C1OC(C)=O.CC(=O)OC1C(Br)OC(CN=[N+]=[N-])C(OC(C)=O)C1OC(C)=O.CC(=O)OC1C(CN=[N+]=[N-])OC(Oc2ccc([N+](=O)[O-])cc2)C(OC(C)=O)C1OC(C)=O.CC(=O)OC1OC(CN=[N+]=[N-])C(OC(C)=O)C(OC(C)=O)C1O. The van der Waals surface area contributed by atoms with Crippen LogP contribution in [-0.4, -0.2) is 228 Å². The summed E-state index contributed by atoms with van der Waals surface area (Å²) in [6, 6.07) is 4.94. The number of rotatable bonds is 23. The van der Waals surface area contributed by atoms with Crippen molar-refractivity contribution in [2.24, 2.45) is 20.5 Å². The van der Waals surface area contributed by atoms with Crippen LogP contribution in [0.1, 0.15) is 83.1 Å². The summed E-state index contributed by atoms with van der Waals surface area (Å²) in [6.07, 6.45) is -21.6. The Labute approximate surface area is 587 Å². The zero-order valence-corrected chi connectivity index (χ0v) is 58.5. The smallest absolute Gasteiger partial charge is 0.305 e. The van der Waals surface area contributed by atoms with E-state index in [4.69, 9.17) is 103 Å². The highest BCUT2D eigenvalue weighted by Gasteiger charge is 2.55. The molecule has 0 saturated carbocycles. The predicted octanol–water partition coefficient (Wildman–Crippen LogP) is 4.04. The third kappa shape index (κ3) is 30.2. The second-order valence-electron chi connectivity index (χ2n) is 20.6. The molecule has 4 aliphatic rings. The van der Waals surface area contributed by atoms with Gasteiger partial charge in [-0.1, -0.05) is 52.3 Å². The van der Waals surface area contributed by atoms with Gasteiger partial charge in [0.15, 0.2) is 77.2 Å². The fourth-order valence-electron chi connectivity index (χ4n) is 9.29. The number of alkyl halides is 2. The van der Waals surface area contributed by atoms with Crippen LogP contribution in [0.2, 0.25) is 0 Å². The zero-order valence-electron chi connectivity index (χ0n) is 55.4. The molecule has 1 N–H and O–H groups in total. The molecule has 0 bridgehead atoms. The Hall–Kier alpha value is -9.94. The van der Waals surface area contributed by atoms with Crippen LogP contribution in [0.25, 0.3) is 41.8 Å². The number of ether oxygens (including phenoxy) is 17. The molecule has 0 radical (unpaired) electrons. The summed E-state index contributed by atoms with van der Waals surface area (Å²) >= 11 is 6.35. The Morgan fingerprint density at radius 1 is 0.386 bits per heavy atom. The average molecular weight is 1570 g/mol. The van der Waals surface area contributed by atoms with Gasteiger partial charge in [-0.2, -0.15) is 0 Å². The Balaban J connectivity index is 0.000000463. The number of aliphatic hydroxyl groups is 1. The number of carbonyl (C=O) groups excluding carboxylic acids is 12. The number of nitro benzene ring substituents is 1. The molecule has 20 atom stereocenters. The number of hydrogen-bond acceptors (Lipinski definition) is 36. The van der Waals surface area contributed by atoms with E-state index in [0.717, 1.165) is 69.2 Å². The molecule has 47 heteroatoms. The summed E-state index contributed by atoms with van der Waals surface area (Å²) in [7, 11) is 0. The molecule has 1 aromatic rings. The summed E-state index contributed by atoms with van der Waals surface area (Å²) < 4.78 is 89.1. The summed E-state index contributed by atoms with van der Waals surface area (Å²) in [6.45, 7) is 12.7. The van der Waals surface area contributed by atoms with Crippen molar-refractivity contribution < 1.29 is 148 Å². The Morgan fingerprint density at radius 2 is 0.624 bits per heavy atom. The largest absolute Gasteiger partial charge is 0.461 e. The molecule has 20 unspecified atom stereocenters. The Morgan fingerprint density at radius 3 is 0.911 bits per heavy atom. The van der Waals surface area contributed by atoms with Crippen molar-refractivity contribution in [2.45, 2.75) is 203 Å². The van der Waals surface area contributed by atoms with E-state index in [1.54, 1.807) is 0 Å². The standard InChI is InChI=1S/C18H20N4O10.2C12H16BrN3O7.C12H17N3O8/c1-9(23)28-15-14(8-20-21-19)32-18(17(30-11(3)25)16(15)29-10(2)24)31-13-6-4-12(5-7-13)22(26)27;2*1-5(17)20-9-8(4-15-16-14)23-12(13)11(22-7(3)19)10(9)21-6(2)18;1-5(16)20-10-8(4-14-15-13)23-12(22-7(3)18)9(19)11(10)21-6(2)17/h4-7,14-18H,8H2,1-3H3;2*8-12H,4H2,1-3H3;8-12,19H,4H2,1-3H3. The lowest BCUT2D eigenvalue weighted by Gasteiger charge is -2.43. The third-order valence-corrected chi connectivity index (χ3v) is 14.0. The molecular formula is C54H69Br2N13O32. The molecule has 0 spiro atoms. The van der Waals surface area contributed by atoms with E-state index in [0.29, 0.717) is 0 Å². The van der Waals surface area contributed by atoms with Crippen molar-refractivity contribution in [1.29, 1.82) is 0 Å². The molecule has 45 nitrogen and oxygen atoms in total. The first-order chi connectivity index (χ1) is 47.4. The highest BCUT2D eigenvalue weighted by molar-refractivity contribution is 9.09. The van der Waals surface area contributed by atoms with Crippen LogP contribution < -0.4 is 4.74 Å². The normalized spacial score (nSPS) is 28.1. The van der Waals surface area contributed by atoms with Crippen molar-refractivity contribution in [3.8, 4) is 5.75 Å². The fraction of sp³-hybridized carbons (Fsp3) is 0.667. The van der Waals surface area contributed by atoms with Gasteiger partial charge in [-0.3, -0.25) is 67.6 Å². The van der Waals surface area contributed by atoms with Gasteiger partial charge < -0.3 is 85.6 Å². The number of azide groups is 4. The first-order valence-corrected chi connectivity index (χ1v) is 30.8. The van der Waals surface area contributed by atoms with E-state index in [9.17, 15) is 72.8 Å². The van der Waals surface area contributed by atoms with E-state index in [1.807, 2.05) is 0 Å². The van der Waals surface area contributed by atoms with Crippen molar-refractivity contribution in [2.75, 3.05) is 26.2 Å². The summed E-state index contributed by atoms with van der Waals surface area (Å²) in [5.74, 6) is -8.31. The molecule has 0 amide bonds. The number of esters is 12. The maximum Gasteiger partial charge on any atom is 0.305 e. The van der Waals surface area contributed by atoms with Crippen LogP contribution >= 0.6 is 31.9 Å². The average Bonchev–Trinajstić information content (AvgIpc) is 0.808.